The van der Waals surface area contributed by atoms with Crippen molar-refractivity contribution in [3.05, 3.63) is 29.8 Å². The van der Waals surface area contributed by atoms with Crippen molar-refractivity contribution in [3.8, 4) is 11.8 Å². The third kappa shape index (κ3) is 3.26. The quantitative estimate of drug-likeness (QED) is 0.819. The standard InChI is InChI=1S/C12H16N2O/c1-3-12(14)10-4-6-11(7-5-10)15-9(2)8-13/h4-7,9,12H,3,14H2,1-2H3. The topological polar surface area (TPSA) is 59.0 Å². The first kappa shape index (κ1) is 11.5. The van der Waals surface area contributed by atoms with E-state index in [0.717, 1.165) is 12.0 Å². The Hall–Kier alpha value is -1.53. The number of hydrogen-bond donors (Lipinski definition) is 1. The van der Waals surface area contributed by atoms with E-state index in [1.54, 1.807) is 6.92 Å². The molecule has 0 aliphatic carbocycles. The van der Waals surface area contributed by atoms with Crippen LogP contribution in [-0.4, -0.2) is 6.10 Å². The molecule has 0 fully saturated rings. The second-order valence-corrected chi connectivity index (χ2v) is 3.47. The average molecular weight is 204 g/mol. The van der Waals surface area contributed by atoms with Crippen molar-refractivity contribution in [2.24, 2.45) is 5.73 Å². The van der Waals surface area contributed by atoms with Gasteiger partial charge in [-0.2, -0.15) is 5.26 Å². The summed E-state index contributed by atoms with van der Waals surface area (Å²) < 4.78 is 5.33. The second kappa shape index (κ2) is 5.38. The summed E-state index contributed by atoms with van der Waals surface area (Å²) in [6, 6.07) is 9.66. The minimum Gasteiger partial charge on any atom is -0.476 e. The summed E-state index contributed by atoms with van der Waals surface area (Å²) in [6.07, 6.45) is 0.491. The van der Waals surface area contributed by atoms with Gasteiger partial charge in [-0.25, -0.2) is 0 Å². The van der Waals surface area contributed by atoms with Crippen molar-refractivity contribution in [2.45, 2.75) is 32.4 Å². The van der Waals surface area contributed by atoms with Crippen molar-refractivity contribution < 1.29 is 4.74 Å². The maximum atomic E-state index is 8.58. The number of hydrogen-bond acceptors (Lipinski definition) is 3. The number of rotatable bonds is 4. The maximum Gasteiger partial charge on any atom is 0.181 e. The van der Waals surface area contributed by atoms with E-state index in [-0.39, 0.29) is 6.04 Å². The molecular weight excluding hydrogens is 188 g/mol. The fourth-order valence-electron chi connectivity index (χ4n) is 1.26. The first-order chi connectivity index (χ1) is 7.17. The molecule has 1 aromatic carbocycles. The van der Waals surface area contributed by atoms with Gasteiger partial charge in [-0.05, 0) is 31.0 Å². The summed E-state index contributed by atoms with van der Waals surface area (Å²) in [5.74, 6) is 0.705. The summed E-state index contributed by atoms with van der Waals surface area (Å²) in [5, 5.41) is 8.58. The van der Waals surface area contributed by atoms with Crippen LogP contribution in [0.15, 0.2) is 24.3 Å². The zero-order chi connectivity index (χ0) is 11.3. The van der Waals surface area contributed by atoms with Crippen molar-refractivity contribution in [2.75, 3.05) is 0 Å². The average Bonchev–Trinajstić information content (AvgIpc) is 2.29. The zero-order valence-electron chi connectivity index (χ0n) is 9.10. The van der Waals surface area contributed by atoms with E-state index in [1.807, 2.05) is 37.3 Å². The van der Waals surface area contributed by atoms with Gasteiger partial charge in [0.05, 0.1) is 0 Å². The Morgan fingerprint density at radius 2 is 2.00 bits per heavy atom. The summed E-state index contributed by atoms with van der Waals surface area (Å²) in [7, 11) is 0. The smallest absolute Gasteiger partial charge is 0.181 e. The third-order valence-electron chi connectivity index (χ3n) is 2.24. The molecule has 0 amide bonds. The van der Waals surface area contributed by atoms with Crippen LogP contribution < -0.4 is 10.5 Å². The van der Waals surface area contributed by atoms with Crippen LogP contribution in [0.3, 0.4) is 0 Å². The van der Waals surface area contributed by atoms with E-state index in [0.29, 0.717) is 5.75 Å². The molecular formula is C12H16N2O. The van der Waals surface area contributed by atoms with Gasteiger partial charge in [0.2, 0.25) is 0 Å². The zero-order valence-corrected chi connectivity index (χ0v) is 9.10. The van der Waals surface area contributed by atoms with Gasteiger partial charge in [0, 0.05) is 6.04 Å². The number of nitrogens with two attached hydrogens (primary N) is 1. The molecule has 2 atom stereocenters. The second-order valence-electron chi connectivity index (χ2n) is 3.47. The fourth-order valence-corrected chi connectivity index (χ4v) is 1.26. The Bertz CT molecular complexity index is 340. The van der Waals surface area contributed by atoms with Gasteiger partial charge in [-0.1, -0.05) is 19.1 Å². The van der Waals surface area contributed by atoms with E-state index in [1.165, 1.54) is 0 Å². The van der Waals surface area contributed by atoms with E-state index in [9.17, 15) is 0 Å². The molecule has 0 radical (unpaired) electrons. The van der Waals surface area contributed by atoms with Crippen LogP contribution in [0.5, 0.6) is 5.75 Å². The lowest BCUT2D eigenvalue weighted by molar-refractivity contribution is 0.276. The molecule has 0 heterocycles. The van der Waals surface area contributed by atoms with Crippen molar-refractivity contribution in [1.29, 1.82) is 5.26 Å². The Morgan fingerprint density at radius 3 is 2.47 bits per heavy atom. The summed E-state index contributed by atoms with van der Waals surface area (Å²) in [4.78, 5) is 0. The van der Waals surface area contributed by atoms with Crippen molar-refractivity contribution >= 4 is 0 Å². The van der Waals surface area contributed by atoms with Gasteiger partial charge in [-0.3, -0.25) is 0 Å². The molecule has 0 saturated carbocycles. The summed E-state index contributed by atoms with van der Waals surface area (Å²) in [6.45, 7) is 3.76. The SMILES string of the molecule is CCC(N)c1ccc(OC(C)C#N)cc1. The number of nitrogens with zero attached hydrogens (tertiary/aromatic N) is 1. The molecule has 1 aromatic rings. The molecule has 0 saturated heterocycles. The van der Waals surface area contributed by atoms with Crippen LogP contribution in [0.1, 0.15) is 31.9 Å². The molecule has 15 heavy (non-hydrogen) atoms. The molecule has 0 aliphatic heterocycles. The minimum atomic E-state index is -0.421. The van der Waals surface area contributed by atoms with E-state index in [2.05, 4.69) is 0 Å². The monoisotopic (exact) mass is 204 g/mol. The van der Waals surface area contributed by atoms with Crippen LogP contribution in [-0.2, 0) is 0 Å². The molecule has 80 valence electrons. The Morgan fingerprint density at radius 1 is 1.40 bits per heavy atom. The highest BCUT2D eigenvalue weighted by Crippen LogP contribution is 2.18. The highest BCUT2D eigenvalue weighted by Gasteiger charge is 2.04. The number of ether oxygens (including phenoxy) is 1. The van der Waals surface area contributed by atoms with Gasteiger partial charge in [0.15, 0.2) is 6.10 Å². The summed E-state index contributed by atoms with van der Waals surface area (Å²) >= 11 is 0. The highest BCUT2D eigenvalue weighted by molar-refractivity contribution is 5.29. The van der Waals surface area contributed by atoms with Crippen molar-refractivity contribution in [1.82, 2.24) is 0 Å². The Labute approximate surface area is 90.5 Å². The predicted molar refractivity (Wildman–Crippen MR) is 59.4 cm³/mol. The van der Waals surface area contributed by atoms with Gasteiger partial charge in [-0.15, -0.1) is 0 Å². The van der Waals surface area contributed by atoms with Gasteiger partial charge in [0.25, 0.3) is 0 Å². The molecule has 0 spiro atoms. The molecule has 2 N–H and O–H groups in total. The molecule has 0 aliphatic rings. The predicted octanol–water partition coefficient (Wildman–Crippen LogP) is 2.39. The molecule has 0 aromatic heterocycles. The Kier molecular flexibility index (Phi) is 4.14. The van der Waals surface area contributed by atoms with Crippen LogP contribution in [0.25, 0.3) is 0 Å². The van der Waals surface area contributed by atoms with E-state index >= 15 is 0 Å². The number of benzene rings is 1. The molecule has 0 bridgehead atoms. The minimum absolute atomic E-state index is 0.0763. The molecule has 2 unspecified atom stereocenters. The van der Waals surface area contributed by atoms with E-state index in [4.69, 9.17) is 15.7 Å². The fraction of sp³-hybridized carbons (Fsp3) is 0.417. The lowest BCUT2D eigenvalue weighted by Crippen LogP contribution is -2.10. The van der Waals surface area contributed by atoms with Crippen LogP contribution in [0.4, 0.5) is 0 Å². The number of nitriles is 1. The molecule has 3 heteroatoms. The normalized spacial score (nSPS) is 14.0. The summed E-state index contributed by atoms with van der Waals surface area (Å²) in [5.41, 5.74) is 6.97. The molecule has 3 nitrogen and oxygen atoms in total. The lowest BCUT2D eigenvalue weighted by atomic mass is 10.1. The molecule has 1 rings (SSSR count). The first-order valence-corrected chi connectivity index (χ1v) is 5.09. The third-order valence-corrected chi connectivity index (χ3v) is 2.24. The van der Waals surface area contributed by atoms with Crippen LogP contribution in [0, 0.1) is 11.3 Å². The largest absolute Gasteiger partial charge is 0.476 e. The van der Waals surface area contributed by atoms with Gasteiger partial charge in [0.1, 0.15) is 11.8 Å². The Balaban J connectivity index is 2.69. The first-order valence-electron chi connectivity index (χ1n) is 5.09. The van der Waals surface area contributed by atoms with Gasteiger partial charge < -0.3 is 10.5 Å². The van der Waals surface area contributed by atoms with E-state index < -0.39 is 6.10 Å². The van der Waals surface area contributed by atoms with Crippen LogP contribution in [0.2, 0.25) is 0 Å². The van der Waals surface area contributed by atoms with Gasteiger partial charge >= 0.3 is 0 Å². The highest BCUT2D eigenvalue weighted by atomic mass is 16.5. The maximum absolute atomic E-state index is 8.58. The lowest BCUT2D eigenvalue weighted by Gasteiger charge is -2.11. The van der Waals surface area contributed by atoms with Crippen LogP contribution >= 0.6 is 0 Å². The van der Waals surface area contributed by atoms with Crippen molar-refractivity contribution in [3.63, 3.8) is 0 Å².